The Hall–Kier alpha value is -1.59. The Morgan fingerprint density at radius 3 is 3.11 bits per heavy atom. The third kappa shape index (κ3) is 1.89. The number of ether oxygens (including phenoxy) is 1. The Morgan fingerprint density at radius 1 is 1.53 bits per heavy atom. The van der Waals surface area contributed by atoms with Gasteiger partial charge in [-0.25, -0.2) is 0 Å². The van der Waals surface area contributed by atoms with E-state index in [9.17, 15) is 9.90 Å². The zero-order chi connectivity index (χ0) is 13.6. The fourth-order valence-corrected chi connectivity index (χ4v) is 3.03. The monoisotopic (exact) mass is 262 g/mol. The van der Waals surface area contributed by atoms with E-state index in [4.69, 9.17) is 10.5 Å². The average molecular weight is 262 g/mol. The van der Waals surface area contributed by atoms with Gasteiger partial charge in [0.05, 0.1) is 12.1 Å². The maximum Gasteiger partial charge on any atom is 0.252 e. The molecule has 1 saturated carbocycles. The van der Waals surface area contributed by atoms with Crippen molar-refractivity contribution < 1.29 is 14.6 Å². The smallest absolute Gasteiger partial charge is 0.252 e. The molecule has 1 aromatic rings. The number of rotatable bonds is 2. The number of nitrogens with two attached hydrogens (primary N) is 1. The van der Waals surface area contributed by atoms with Crippen LogP contribution in [0.1, 0.15) is 22.3 Å². The maximum atomic E-state index is 12.2. The summed E-state index contributed by atoms with van der Waals surface area (Å²) in [5.41, 5.74) is 7.12. The van der Waals surface area contributed by atoms with Crippen molar-refractivity contribution in [2.24, 2.45) is 11.7 Å². The minimum Gasteiger partial charge on any atom is -0.508 e. The van der Waals surface area contributed by atoms with Crippen molar-refractivity contribution in [3.05, 3.63) is 29.3 Å². The maximum absolute atomic E-state index is 12.2. The average Bonchev–Trinajstić information content (AvgIpc) is 2.83. The van der Waals surface area contributed by atoms with Crippen molar-refractivity contribution in [3.63, 3.8) is 0 Å². The molecule has 2 fully saturated rings. The highest BCUT2D eigenvalue weighted by molar-refractivity contribution is 5.96. The van der Waals surface area contributed by atoms with E-state index >= 15 is 0 Å². The van der Waals surface area contributed by atoms with Crippen LogP contribution in [0.15, 0.2) is 18.2 Å². The number of hydrogen-bond donors (Lipinski definition) is 3. The standard InChI is InChI=1S/C14H18N2O3/c1-7-8(3-2-4-10(7)17)14(18)16-12-11(15)9-5-6-19-13(9)12/h2-4,9,11-13,17H,5-6,15H2,1H3,(H,16,18). The van der Waals surface area contributed by atoms with Gasteiger partial charge in [-0.2, -0.15) is 0 Å². The van der Waals surface area contributed by atoms with Crippen molar-refractivity contribution >= 4 is 5.91 Å². The van der Waals surface area contributed by atoms with Gasteiger partial charge in [-0.05, 0) is 25.5 Å². The fourth-order valence-electron chi connectivity index (χ4n) is 3.03. The molecule has 1 aliphatic heterocycles. The largest absolute Gasteiger partial charge is 0.508 e. The summed E-state index contributed by atoms with van der Waals surface area (Å²) in [4.78, 5) is 12.2. The Bertz CT molecular complexity index is 517. The second-order valence-corrected chi connectivity index (χ2v) is 5.31. The van der Waals surface area contributed by atoms with Crippen LogP contribution in [0.2, 0.25) is 0 Å². The quantitative estimate of drug-likeness (QED) is 0.726. The fraction of sp³-hybridized carbons (Fsp3) is 0.500. The number of benzene rings is 1. The number of fused-ring (bicyclic) bond motifs is 1. The lowest BCUT2D eigenvalue weighted by Gasteiger charge is -2.45. The van der Waals surface area contributed by atoms with Crippen LogP contribution in [-0.2, 0) is 4.74 Å². The van der Waals surface area contributed by atoms with Crippen LogP contribution in [0.5, 0.6) is 5.75 Å². The van der Waals surface area contributed by atoms with E-state index in [1.165, 1.54) is 0 Å². The molecule has 1 heterocycles. The van der Waals surface area contributed by atoms with Crippen molar-refractivity contribution in [1.82, 2.24) is 5.32 Å². The van der Waals surface area contributed by atoms with E-state index in [2.05, 4.69) is 5.32 Å². The Kier molecular flexibility index (Phi) is 2.95. The predicted octanol–water partition coefficient (Wildman–Crippen LogP) is 0.545. The Balaban J connectivity index is 1.73. The van der Waals surface area contributed by atoms with Gasteiger partial charge in [0.25, 0.3) is 5.91 Å². The van der Waals surface area contributed by atoms with Crippen molar-refractivity contribution in [1.29, 1.82) is 0 Å². The summed E-state index contributed by atoms with van der Waals surface area (Å²) in [6.45, 7) is 2.44. The molecule has 0 aromatic heterocycles. The van der Waals surface area contributed by atoms with Crippen LogP contribution >= 0.6 is 0 Å². The third-order valence-electron chi connectivity index (χ3n) is 4.29. The molecule has 4 N–H and O–H groups in total. The van der Waals surface area contributed by atoms with Gasteiger partial charge in [0, 0.05) is 29.7 Å². The van der Waals surface area contributed by atoms with E-state index in [0.29, 0.717) is 17.0 Å². The summed E-state index contributed by atoms with van der Waals surface area (Å²) in [5, 5.41) is 12.5. The highest BCUT2D eigenvalue weighted by atomic mass is 16.5. The molecule has 2 aliphatic rings. The number of aromatic hydroxyl groups is 1. The van der Waals surface area contributed by atoms with E-state index in [1.54, 1.807) is 25.1 Å². The zero-order valence-corrected chi connectivity index (χ0v) is 10.8. The first-order valence-electron chi connectivity index (χ1n) is 6.56. The first-order valence-corrected chi connectivity index (χ1v) is 6.56. The molecule has 0 bridgehead atoms. The third-order valence-corrected chi connectivity index (χ3v) is 4.29. The number of phenolic OH excluding ortho intramolecular Hbond substituents is 1. The molecule has 1 aliphatic carbocycles. The van der Waals surface area contributed by atoms with E-state index < -0.39 is 0 Å². The van der Waals surface area contributed by atoms with E-state index in [0.717, 1.165) is 13.0 Å². The molecule has 19 heavy (non-hydrogen) atoms. The second kappa shape index (κ2) is 4.51. The molecule has 0 spiro atoms. The number of nitrogens with one attached hydrogen (secondary N) is 1. The van der Waals surface area contributed by atoms with E-state index in [-0.39, 0.29) is 29.8 Å². The van der Waals surface area contributed by atoms with Gasteiger partial charge in [0.15, 0.2) is 0 Å². The SMILES string of the molecule is Cc1c(O)cccc1C(=O)NC1C(N)C2CCOC21. The molecule has 1 saturated heterocycles. The molecule has 1 amide bonds. The molecule has 3 rings (SSSR count). The Morgan fingerprint density at radius 2 is 2.32 bits per heavy atom. The molecule has 4 unspecified atom stereocenters. The number of amides is 1. The topological polar surface area (TPSA) is 84.6 Å². The molecule has 5 heteroatoms. The zero-order valence-electron chi connectivity index (χ0n) is 10.8. The first kappa shape index (κ1) is 12.4. The summed E-state index contributed by atoms with van der Waals surface area (Å²) >= 11 is 0. The van der Waals surface area contributed by atoms with E-state index in [1.807, 2.05) is 0 Å². The summed E-state index contributed by atoms with van der Waals surface area (Å²) in [5.74, 6) is 0.291. The summed E-state index contributed by atoms with van der Waals surface area (Å²) in [6, 6.07) is 4.77. The lowest BCUT2D eigenvalue weighted by molar-refractivity contribution is -0.0161. The molecular formula is C14H18N2O3. The van der Waals surface area contributed by atoms with Crippen LogP contribution in [0.3, 0.4) is 0 Å². The van der Waals surface area contributed by atoms with Crippen LogP contribution in [0, 0.1) is 12.8 Å². The minimum atomic E-state index is -0.206. The first-order chi connectivity index (χ1) is 9.09. The summed E-state index contributed by atoms with van der Waals surface area (Å²) in [6.07, 6.45) is 1.03. The molecule has 5 nitrogen and oxygen atoms in total. The summed E-state index contributed by atoms with van der Waals surface area (Å²) < 4.78 is 5.58. The van der Waals surface area contributed by atoms with Gasteiger partial charge in [0.2, 0.25) is 0 Å². The van der Waals surface area contributed by atoms with Crippen LogP contribution < -0.4 is 11.1 Å². The van der Waals surface area contributed by atoms with Crippen LogP contribution in [0.4, 0.5) is 0 Å². The normalized spacial score (nSPS) is 32.5. The lowest BCUT2D eigenvalue weighted by atomic mass is 9.72. The molecular weight excluding hydrogens is 244 g/mol. The molecule has 4 atom stereocenters. The number of phenols is 1. The van der Waals surface area contributed by atoms with Gasteiger partial charge in [-0.1, -0.05) is 6.07 Å². The molecule has 102 valence electrons. The van der Waals surface area contributed by atoms with Gasteiger partial charge < -0.3 is 20.9 Å². The second-order valence-electron chi connectivity index (χ2n) is 5.31. The number of carbonyl (C=O) groups excluding carboxylic acids is 1. The van der Waals surface area contributed by atoms with Gasteiger partial charge in [-0.15, -0.1) is 0 Å². The highest BCUT2D eigenvalue weighted by Gasteiger charge is 2.52. The number of hydrogen-bond acceptors (Lipinski definition) is 4. The van der Waals surface area contributed by atoms with Gasteiger partial charge in [0.1, 0.15) is 5.75 Å². The van der Waals surface area contributed by atoms with Crippen molar-refractivity contribution in [2.75, 3.05) is 6.61 Å². The Labute approximate surface area is 111 Å². The number of carbonyl (C=O) groups is 1. The lowest BCUT2D eigenvalue weighted by Crippen LogP contribution is -2.69. The molecule has 0 radical (unpaired) electrons. The van der Waals surface area contributed by atoms with Crippen molar-refractivity contribution in [2.45, 2.75) is 31.5 Å². The highest BCUT2D eigenvalue weighted by Crippen LogP contribution is 2.37. The van der Waals surface area contributed by atoms with Gasteiger partial charge in [-0.3, -0.25) is 4.79 Å². The minimum absolute atomic E-state index is 0.0333. The van der Waals surface area contributed by atoms with Crippen LogP contribution in [-0.4, -0.2) is 35.8 Å². The molecule has 1 aromatic carbocycles. The predicted molar refractivity (Wildman–Crippen MR) is 69.9 cm³/mol. The van der Waals surface area contributed by atoms with Gasteiger partial charge >= 0.3 is 0 Å². The van der Waals surface area contributed by atoms with Crippen molar-refractivity contribution in [3.8, 4) is 5.75 Å². The van der Waals surface area contributed by atoms with Crippen LogP contribution in [0.25, 0.3) is 0 Å². The summed E-state index contributed by atoms with van der Waals surface area (Å²) in [7, 11) is 0.